The van der Waals surface area contributed by atoms with Gasteiger partial charge in [0.2, 0.25) is 0 Å². The van der Waals surface area contributed by atoms with E-state index in [1.807, 2.05) is 0 Å². The maximum atomic E-state index is 13.6. The number of alkyl halides is 3. The van der Waals surface area contributed by atoms with Gasteiger partial charge in [-0.3, -0.25) is 0 Å². The van der Waals surface area contributed by atoms with Crippen molar-refractivity contribution in [2.45, 2.75) is 19.7 Å². The quantitative estimate of drug-likeness (QED) is 0.672. The first-order valence-electron chi connectivity index (χ1n) is 8.35. The number of carbonyl (C=O) groups excluding carboxylic acids is 1. The molecule has 3 aromatic rings. The lowest BCUT2D eigenvalue weighted by molar-refractivity contribution is -0.143. The lowest BCUT2D eigenvalue weighted by Crippen LogP contribution is -2.19. The predicted octanol–water partition coefficient (Wildman–Crippen LogP) is 3.62. The van der Waals surface area contributed by atoms with E-state index in [1.54, 1.807) is 30.3 Å². The highest BCUT2D eigenvalue weighted by molar-refractivity contribution is 5.90. The number of aromatic nitrogens is 3. The Morgan fingerprint density at radius 2 is 1.93 bits per heavy atom. The number of halogens is 3. The average molecular weight is 391 g/mol. The first-order chi connectivity index (χ1) is 13.4. The second kappa shape index (κ2) is 7.81. The molecule has 0 spiro atoms. The standard InChI is InChI=1S/C19H16F3N3O3/c1-2-28-18(27)14-10-23-25(17(14)19(20,21)22)16-9-5-8-15(24-16)13-7-4-3-6-12(13)11-26/h3-10,26H,2,11H2,1H3. The van der Waals surface area contributed by atoms with Crippen LogP contribution < -0.4 is 0 Å². The largest absolute Gasteiger partial charge is 0.462 e. The van der Waals surface area contributed by atoms with Crippen molar-refractivity contribution < 1.29 is 27.8 Å². The lowest BCUT2D eigenvalue weighted by Gasteiger charge is -2.13. The monoisotopic (exact) mass is 391 g/mol. The van der Waals surface area contributed by atoms with Crippen molar-refractivity contribution >= 4 is 5.97 Å². The molecule has 0 saturated heterocycles. The minimum atomic E-state index is -4.85. The number of esters is 1. The lowest BCUT2D eigenvalue weighted by atomic mass is 10.0. The van der Waals surface area contributed by atoms with Crippen LogP contribution in [-0.2, 0) is 17.5 Å². The van der Waals surface area contributed by atoms with E-state index in [-0.39, 0.29) is 19.0 Å². The fraction of sp³-hybridized carbons (Fsp3) is 0.211. The molecule has 0 unspecified atom stereocenters. The van der Waals surface area contributed by atoms with E-state index >= 15 is 0 Å². The number of carbonyl (C=O) groups is 1. The summed E-state index contributed by atoms with van der Waals surface area (Å²) < 4.78 is 46.2. The van der Waals surface area contributed by atoms with Gasteiger partial charge in [0.15, 0.2) is 11.5 Å². The second-order valence-electron chi connectivity index (χ2n) is 5.73. The van der Waals surface area contributed by atoms with Crippen molar-refractivity contribution in [3.05, 3.63) is 65.5 Å². The molecule has 28 heavy (non-hydrogen) atoms. The average Bonchev–Trinajstić information content (AvgIpc) is 3.14. The van der Waals surface area contributed by atoms with E-state index in [0.717, 1.165) is 6.20 Å². The molecular formula is C19H16F3N3O3. The Bertz CT molecular complexity index is 999. The smallest absolute Gasteiger partial charge is 0.434 e. The summed E-state index contributed by atoms with van der Waals surface area (Å²) in [4.78, 5) is 16.2. The first kappa shape index (κ1) is 19.6. The zero-order valence-corrected chi connectivity index (χ0v) is 14.8. The molecule has 0 saturated carbocycles. The topological polar surface area (TPSA) is 77.2 Å². The summed E-state index contributed by atoms with van der Waals surface area (Å²) in [6, 6.07) is 11.4. The van der Waals surface area contributed by atoms with Crippen LogP contribution in [0.15, 0.2) is 48.7 Å². The van der Waals surface area contributed by atoms with Crippen LogP contribution in [0.4, 0.5) is 13.2 Å². The number of pyridine rings is 1. The summed E-state index contributed by atoms with van der Waals surface area (Å²) in [5, 5.41) is 13.2. The highest BCUT2D eigenvalue weighted by atomic mass is 19.4. The van der Waals surface area contributed by atoms with Gasteiger partial charge in [0.1, 0.15) is 5.56 Å². The van der Waals surface area contributed by atoms with Crippen molar-refractivity contribution in [1.29, 1.82) is 0 Å². The van der Waals surface area contributed by atoms with Gasteiger partial charge in [-0.1, -0.05) is 30.3 Å². The minimum Gasteiger partial charge on any atom is -0.462 e. The Balaban J connectivity index is 2.14. The number of hydrogen-bond acceptors (Lipinski definition) is 5. The third kappa shape index (κ3) is 3.74. The van der Waals surface area contributed by atoms with Crippen LogP contribution in [0.3, 0.4) is 0 Å². The summed E-state index contributed by atoms with van der Waals surface area (Å²) in [6.07, 6.45) is -4.03. The molecule has 6 nitrogen and oxygen atoms in total. The van der Waals surface area contributed by atoms with Gasteiger partial charge in [0, 0.05) is 5.56 Å². The number of nitrogens with zero attached hydrogens (tertiary/aromatic N) is 3. The van der Waals surface area contributed by atoms with Gasteiger partial charge in [-0.2, -0.15) is 18.3 Å². The zero-order chi connectivity index (χ0) is 20.3. The normalized spacial score (nSPS) is 11.5. The van der Waals surface area contributed by atoms with Crippen LogP contribution >= 0.6 is 0 Å². The molecular weight excluding hydrogens is 375 g/mol. The molecule has 2 heterocycles. The van der Waals surface area contributed by atoms with Gasteiger partial charge in [-0.05, 0) is 24.6 Å². The maximum Gasteiger partial charge on any atom is 0.434 e. The molecule has 9 heteroatoms. The Labute approximate surface area is 158 Å². The van der Waals surface area contributed by atoms with E-state index in [9.17, 15) is 23.1 Å². The SMILES string of the molecule is CCOC(=O)c1cnn(-c2cccc(-c3ccccc3CO)n2)c1C(F)(F)F. The van der Waals surface area contributed by atoms with Gasteiger partial charge in [-0.25, -0.2) is 14.5 Å². The van der Waals surface area contributed by atoms with Crippen LogP contribution in [0, 0.1) is 0 Å². The van der Waals surface area contributed by atoms with E-state index in [2.05, 4.69) is 10.1 Å². The highest BCUT2D eigenvalue weighted by Gasteiger charge is 2.41. The molecule has 0 aliphatic heterocycles. The summed E-state index contributed by atoms with van der Waals surface area (Å²) >= 11 is 0. The maximum absolute atomic E-state index is 13.6. The molecule has 3 rings (SSSR count). The second-order valence-corrected chi connectivity index (χ2v) is 5.73. The zero-order valence-electron chi connectivity index (χ0n) is 14.8. The third-order valence-corrected chi connectivity index (χ3v) is 3.95. The van der Waals surface area contributed by atoms with E-state index in [1.165, 1.54) is 19.1 Å². The van der Waals surface area contributed by atoms with Gasteiger partial charge in [-0.15, -0.1) is 0 Å². The summed E-state index contributed by atoms with van der Waals surface area (Å²) in [6.45, 7) is 1.19. The van der Waals surface area contributed by atoms with E-state index in [0.29, 0.717) is 21.5 Å². The van der Waals surface area contributed by atoms with Crippen molar-refractivity contribution in [3.63, 3.8) is 0 Å². The number of ether oxygens (including phenoxy) is 1. The van der Waals surface area contributed by atoms with Crippen LogP contribution in [0.5, 0.6) is 0 Å². The minimum absolute atomic E-state index is 0.0625. The summed E-state index contributed by atoms with van der Waals surface area (Å²) in [5.41, 5.74) is -0.416. The molecule has 0 amide bonds. The molecule has 0 aliphatic rings. The number of aliphatic hydroxyl groups excluding tert-OH is 1. The molecule has 0 bridgehead atoms. The van der Waals surface area contributed by atoms with Crippen molar-refractivity contribution in [3.8, 4) is 17.1 Å². The Morgan fingerprint density at radius 1 is 1.18 bits per heavy atom. The van der Waals surface area contributed by atoms with Crippen LogP contribution in [-0.4, -0.2) is 32.4 Å². The van der Waals surface area contributed by atoms with Gasteiger partial charge in [0.05, 0.1) is 25.1 Å². The van der Waals surface area contributed by atoms with Crippen LogP contribution in [0.2, 0.25) is 0 Å². The Kier molecular flexibility index (Phi) is 5.46. The number of hydrogen-bond donors (Lipinski definition) is 1. The van der Waals surface area contributed by atoms with Crippen molar-refractivity contribution in [1.82, 2.24) is 14.8 Å². The summed E-state index contributed by atoms with van der Waals surface area (Å²) in [7, 11) is 0. The summed E-state index contributed by atoms with van der Waals surface area (Å²) in [5.74, 6) is -1.23. The molecule has 0 fully saturated rings. The fourth-order valence-corrected chi connectivity index (χ4v) is 2.75. The fourth-order valence-electron chi connectivity index (χ4n) is 2.75. The first-order valence-corrected chi connectivity index (χ1v) is 8.35. The molecule has 1 aromatic carbocycles. The van der Waals surface area contributed by atoms with E-state index < -0.39 is 23.4 Å². The number of aliphatic hydroxyl groups is 1. The Morgan fingerprint density at radius 3 is 2.61 bits per heavy atom. The molecule has 0 aliphatic carbocycles. The molecule has 1 N–H and O–H groups in total. The van der Waals surface area contributed by atoms with Gasteiger partial charge < -0.3 is 9.84 Å². The van der Waals surface area contributed by atoms with Crippen molar-refractivity contribution in [2.24, 2.45) is 0 Å². The van der Waals surface area contributed by atoms with E-state index in [4.69, 9.17) is 4.74 Å². The van der Waals surface area contributed by atoms with Crippen molar-refractivity contribution in [2.75, 3.05) is 6.61 Å². The molecule has 2 aromatic heterocycles. The Hall–Kier alpha value is -3.20. The predicted molar refractivity (Wildman–Crippen MR) is 93.7 cm³/mol. The molecule has 0 radical (unpaired) electrons. The number of benzene rings is 1. The van der Waals surface area contributed by atoms with Gasteiger partial charge in [0.25, 0.3) is 0 Å². The number of rotatable bonds is 5. The highest BCUT2D eigenvalue weighted by Crippen LogP contribution is 2.34. The molecule has 146 valence electrons. The van der Waals surface area contributed by atoms with Gasteiger partial charge >= 0.3 is 12.1 Å². The molecule has 0 atom stereocenters. The van der Waals surface area contributed by atoms with Crippen LogP contribution in [0.1, 0.15) is 28.5 Å². The van der Waals surface area contributed by atoms with Crippen LogP contribution in [0.25, 0.3) is 17.1 Å². The third-order valence-electron chi connectivity index (χ3n) is 3.95.